The molecule has 0 unspecified atom stereocenters. The van der Waals surface area contributed by atoms with Crippen LogP contribution in [0, 0.1) is 0 Å². The molecular weight excluding hydrogens is 330 g/mol. The maximum Gasteiger partial charge on any atom is 0.226 e. The fourth-order valence-electron chi connectivity index (χ4n) is 3.14. The molecule has 1 N–H and O–H groups in total. The van der Waals surface area contributed by atoms with Gasteiger partial charge >= 0.3 is 0 Å². The third kappa shape index (κ3) is 3.35. The van der Waals surface area contributed by atoms with Crippen molar-refractivity contribution in [1.29, 1.82) is 0 Å². The minimum atomic E-state index is -0.0269. The Kier molecular flexibility index (Phi) is 4.48. The predicted octanol–water partition coefficient (Wildman–Crippen LogP) is 3.31. The Bertz CT molecular complexity index is 949. The summed E-state index contributed by atoms with van der Waals surface area (Å²) in [6, 6.07) is 13.8. The van der Waals surface area contributed by atoms with Gasteiger partial charge in [-0.3, -0.25) is 10.1 Å². The summed E-state index contributed by atoms with van der Waals surface area (Å²) in [6.07, 6.45) is 2.01. The summed E-state index contributed by atoms with van der Waals surface area (Å²) in [5, 5.41) is 2.90. The SMILES string of the molecule is Cn1c(NC(=O)CCCc2ccc3c(c2)OCCO3)nc2ccccc21. The number of ether oxygens (including phenoxy) is 2. The van der Waals surface area contributed by atoms with Crippen LogP contribution < -0.4 is 14.8 Å². The fraction of sp³-hybridized carbons (Fsp3) is 0.300. The molecule has 1 aromatic heterocycles. The second-order valence-electron chi connectivity index (χ2n) is 6.36. The number of benzene rings is 2. The number of carbonyl (C=O) groups is 1. The number of rotatable bonds is 5. The molecule has 0 saturated carbocycles. The van der Waals surface area contributed by atoms with E-state index in [0.29, 0.717) is 25.6 Å². The van der Waals surface area contributed by atoms with Gasteiger partial charge in [0.05, 0.1) is 11.0 Å². The Labute approximate surface area is 151 Å². The largest absolute Gasteiger partial charge is 0.486 e. The third-order valence-corrected chi connectivity index (χ3v) is 4.51. The number of nitrogens with zero attached hydrogens (tertiary/aromatic N) is 2. The number of nitrogens with one attached hydrogen (secondary N) is 1. The van der Waals surface area contributed by atoms with E-state index in [9.17, 15) is 4.79 Å². The van der Waals surface area contributed by atoms with Crippen LogP contribution in [-0.2, 0) is 18.3 Å². The summed E-state index contributed by atoms with van der Waals surface area (Å²) >= 11 is 0. The number of imidazole rings is 1. The van der Waals surface area contributed by atoms with E-state index < -0.39 is 0 Å². The summed E-state index contributed by atoms with van der Waals surface area (Å²) in [4.78, 5) is 16.7. The molecule has 4 rings (SSSR count). The zero-order chi connectivity index (χ0) is 17.9. The number of aryl methyl sites for hydroxylation is 2. The van der Waals surface area contributed by atoms with Crippen molar-refractivity contribution in [3.8, 4) is 11.5 Å². The minimum Gasteiger partial charge on any atom is -0.486 e. The van der Waals surface area contributed by atoms with Crippen molar-refractivity contribution in [2.45, 2.75) is 19.3 Å². The summed E-state index contributed by atoms with van der Waals surface area (Å²) < 4.78 is 13.0. The van der Waals surface area contributed by atoms with Gasteiger partial charge in [-0.15, -0.1) is 0 Å². The first-order chi connectivity index (χ1) is 12.7. The van der Waals surface area contributed by atoms with E-state index >= 15 is 0 Å². The average Bonchev–Trinajstić information content (AvgIpc) is 2.97. The van der Waals surface area contributed by atoms with Crippen molar-refractivity contribution in [2.75, 3.05) is 18.5 Å². The first kappa shape index (κ1) is 16.4. The van der Waals surface area contributed by atoms with Gasteiger partial charge in [0.25, 0.3) is 0 Å². The minimum absolute atomic E-state index is 0.0269. The first-order valence-corrected chi connectivity index (χ1v) is 8.80. The van der Waals surface area contributed by atoms with Gasteiger partial charge in [0, 0.05) is 13.5 Å². The maximum absolute atomic E-state index is 12.3. The van der Waals surface area contributed by atoms with Crippen molar-refractivity contribution in [3.63, 3.8) is 0 Å². The van der Waals surface area contributed by atoms with Crippen molar-refractivity contribution >= 4 is 22.9 Å². The number of hydrogen-bond acceptors (Lipinski definition) is 4. The highest BCUT2D eigenvalue weighted by molar-refractivity contribution is 5.91. The van der Waals surface area contributed by atoms with Crippen molar-refractivity contribution in [1.82, 2.24) is 9.55 Å². The third-order valence-electron chi connectivity index (χ3n) is 4.51. The molecule has 26 heavy (non-hydrogen) atoms. The molecule has 0 atom stereocenters. The number of hydrogen-bond donors (Lipinski definition) is 1. The monoisotopic (exact) mass is 351 g/mol. The standard InChI is InChI=1S/C20H21N3O3/c1-23-16-7-3-2-6-15(16)21-20(23)22-19(24)8-4-5-14-9-10-17-18(13-14)26-12-11-25-17/h2-3,6-7,9-10,13H,4-5,8,11-12H2,1H3,(H,21,22,24). The number of carbonyl (C=O) groups excluding carboxylic acids is 1. The number of aromatic nitrogens is 2. The van der Waals surface area contributed by atoms with Gasteiger partial charge < -0.3 is 14.0 Å². The van der Waals surface area contributed by atoms with Crippen LogP contribution in [0.25, 0.3) is 11.0 Å². The Hall–Kier alpha value is -3.02. The van der Waals surface area contributed by atoms with E-state index in [1.165, 1.54) is 0 Å². The normalized spacial score (nSPS) is 13.0. The molecule has 6 nitrogen and oxygen atoms in total. The van der Waals surface area contributed by atoms with E-state index in [-0.39, 0.29) is 5.91 Å². The molecule has 134 valence electrons. The number of para-hydroxylation sites is 2. The molecule has 1 aliphatic rings. The highest BCUT2D eigenvalue weighted by atomic mass is 16.6. The van der Waals surface area contributed by atoms with Gasteiger partial charge in [0.15, 0.2) is 11.5 Å². The zero-order valence-corrected chi connectivity index (χ0v) is 14.7. The molecule has 0 spiro atoms. The van der Waals surface area contributed by atoms with Gasteiger partial charge in [-0.1, -0.05) is 18.2 Å². The lowest BCUT2D eigenvalue weighted by molar-refractivity contribution is -0.116. The van der Waals surface area contributed by atoms with Crippen molar-refractivity contribution in [2.24, 2.45) is 7.05 Å². The van der Waals surface area contributed by atoms with Crippen LogP contribution in [0.2, 0.25) is 0 Å². The van der Waals surface area contributed by atoms with Crippen LogP contribution in [0.15, 0.2) is 42.5 Å². The maximum atomic E-state index is 12.3. The van der Waals surface area contributed by atoms with Gasteiger partial charge in [-0.25, -0.2) is 4.98 Å². The highest BCUT2D eigenvalue weighted by Gasteiger charge is 2.13. The summed E-state index contributed by atoms with van der Waals surface area (Å²) in [5.74, 6) is 2.13. The van der Waals surface area contributed by atoms with Crippen LogP contribution in [0.1, 0.15) is 18.4 Å². The Morgan fingerprint density at radius 1 is 1.15 bits per heavy atom. The van der Waals surface area contributed by atoms with E-state index in [2.05, 4.69) is 10.3 Å². The second-order valence-corrected chi connectivity index (χ2v) is 6.36. The summed E-state index contributed by atoms with van der Waals surface area (Å²) in [7, 11) is 1.90. The second kappa shape index (κ2) is 7.07. The van der Waals surface area contributed by atoms with Crippen molar-refractivity contribution < 1.29 is 14.3 Å². The van der Waals surface area contributed by atoms with Crippen LogP contribution >= 0.6 is 0 Å². The summed E-state index contributed by atoms with van der Waals surface area (Å²) in [6.45, 7) is 1.17. The molecule has 0 fully saturated rings. The Morgan fingerprint density at radius 2 is 1.96 bits per heavy atom. The smallest absolute Gasteiger partial charge is 0.226 e. The molecule has 2 aromatic carbocycles. The number of amides is 1. The van der Waals surface area contributed by atoms with E-state index in [0.717, 1.165) is 40.9 Å². The Balaban J connectivity index is 1.33. The fourth-order valence-corrected chi connectivity index (χ4v) is 3.14. The molecular formula is C20H21N3O3. The molecule has 0 aliphatic carbocycles. The van der Waals surface area contributed by atoms with Gasteiger partial charge in [-0.2, -0.15) is 0 Å². The zero-order valence-electron chi connectivity index (χ0n) is 14.7. The molecule has 3 aromatic rings. The lowest BCUT2D eigenvalue weighted by Gasteiger charge is -2.18. The molecule has 0 bridgehead atoms. The predicted molar refractivity (Wildman–Crippen MR) is 99.7 cm³/mol. The highest BCUT2D eigenvalue weighted by Crippen LogP contribution is 2.31. The van der Waals surface area contributed by atoms with E-state index in [1.807, 2.05) is 54.1 Å². The van der Waals surface area contributed by atoms with Crippen LogP contribution in [0.3, 0.4) is 0 Å². The van der Waals surface area contributed by atoms with Crippen molar-refractivity contribution in [3.05, 3.63) is 48.0 Å². The molecule has 2 heterocycles. The van der Waals surface area contributed by atoms with Crippen LogP contribution in [0.5, 0.6) is 11.5 Å². The van der Waals surface area contributed by atoms with Gasteiger partial charge in [-0.05, 0) is 42.7 Å². The molecule has 1 aliphatic heterocycles. The van der Waals surface area contributed by atoms with Crippen LogP contribution in [-0.4, -0.2) is 28.7 Å². The lowest BCUT2D eigenvalue weighted by Crippen LogP contribution is -2.15. The van der Waals surface area contributed by atoms with E-state index in [4.69, 9.17) is 9.47 Å². The average molecular weight is 351 g/mol. The molecule has 0 radical (unpaired) electrons. The van der Waals surface area contributed by atoms with Gasteiger partial charge in [0.2, 0.25) is 11.9 Å². The first-order valence-electron chi connectivity index (χ1n) is 8.80. The Morgan fingerprint density at radius 3 is 2.81 bits per heavy atom. The molecule has 6 heteroatoms. The molecule has 0 saturated heterocycles. The number of anilines is 1. The lowest BCUT2D eigenvalue weighted by atomic mass is 10.1. The molecule has 1 amide bonds. The quantitative estimate of drug-likeness (QED) is 0.766. The number of fused-ring (bicyclic) bond motifs is 2. The van der Waals surface area contributed by atoms with E-state index in [1.54, 1.807) is 0 Å². The topological polar surface area (TPSA) is 65.4 Å². The van der Waals surface area contributed by atoms with Gasteiger partial charge in [0.1, 0.15) is 13.2 Å². The van der Waals surface area contributed by atoms with Crippen LogP contribution in [0.4, 0.5) is 5.95 Å². The summed E-state index contributed by atoms with van der Waals surface area (Å²) in [5.41, 5.74) is 3.02.